The topological polar surface area (TPSA) is 29.5 Å². The van der Waals surface area contributed by atoms with E-state index in [0.29, 0.717) is 18.4 Å². The SMILES string of the molecule is COc1ccc(CN(C(=O)CCCCC2CCSS2)C2CC2)cc1. The fraction of sp³-hybridized carbons (Fsp3) is 0.632. The Bertz CT molecular complexity index is 525. The summed E-state index contributed by atoms with van der Waals surface area (Å²) in [5.74, 6) is 2.50. The van der Waals surface area contributed by atoms with Crippen LogP contribution in [0.5, 0.6) is 5.75 Å². The number of benzene rings is 1. The Hall–Kier alpha value is -0.810. The van der Waals surface area contributed by atoms with E-state index < -0.39 is 0 Å². The summed E-state index contributed by atoms with van der Waals surface area (Å²) in [5, 5.41) is 0.823. The molecule has 1 aromatic carbocycles. The molecule has 1 aromatic rings. The van der Waals surface area contributed by atoms with Crippen LogP contribution < -0.4 is 4.74 Å². The van der Waals surface area contributed by atoms with Crippen LogP contribution in [-0.4, -0.2) is 35.0 Å². The first-order chi connectivity index (χ1) is 11.8. The van der Waals surface area contributed by atoms with E-state index in [1.807, 2.05) is 33.7 Å². The summed E-state index contributed by atoms with van der Waals surface area (Å²) in [6.07, 6.45) is 7.87. The quantitative estimate of drug-likeness (QED) is 0.460. The summed E-state index contributed by atoms with van der Waals surface area (Å²) in [7, 11) is 5.72. The summed E-state index contributed by atoms with van der Waals surface area (Å²) >= 11 is 0. The van der Waals surface area contributed by atoms with Crippen LogP contribution >= 0.6 is 21.6 Å². The Morgan fingerprint density at radius 1 is 1.21 bits per heavy atom. The molecule has 2 aliphatic rings. The Balaban J connectivity index is 1.44. The monoisotopic (exact) mass is 365 g/mol. The first kappa shape index (κ1) is 18.0. The van der Waals surface area contributed by atoms with Crippen LogP contribution in [0.1, 0.15) is 50.5 Å². The molecule has 0 spiro atoms. The van der Waals surface area contributed by atoms with Crippen LogP contribution in [0, 0.1) is 0 Å². The van der Waals surface area contributed by atoms with E-state index in [4.69, 9.17) is 4.74 Å². The molecule has 0 N–H and O–H groups in total. The van der Waals surface area contributed by atoms with E-state index in [1.54, 1.807) is 7.11 Å². The molecule has 5 heteroatoms. The Morgan fingerprint density at radius 3 is 2.62 bits per heavy atom. The zero-order valence-electron chi connectivity index (χ0n) is 14.4. The number of hydrogen-bond acceptors (Lipinski definition) is 4. The maximum atomic E-state index is 12.6. The number of ether oxygens (including phenoxy) is 1. The summed E-state index contributed by atoms with van der Waals surface area (Å²) in [6.45, 7) is 0.739. The summed E-state index contributed by atoms with van der Waals surface area (Å²) in [6, 6.07) is 8.55. The highest BCUT2D eigenvalue weighted by atomic mass is 33.1. The number of carbonyl (C=O) groups excluding carboxylic acids is 1. The standard InChI is InChI=1S/C19H27NO2S2/c1-22-17-10-6-15(7-11-17)14-20(16-8-9-16)19(21)5-3-2-4-18-12-13-23-24-18/h6-7,10-11,16,18H,2-5,8-9,12-14H2,1H3. The maximum absolute atomic E-state index is 12.6. The van der Waals surface area contributed by atoms with Crippen LogP contribution in [0.25, 0.3) is 0 Å². The molecule has 1 aliphatic carbocycles. The Morgan fingerprint density at radius 2 is 2.00 bits per heavy atom. The van der Waals surface area contributed by atoms with Crippen molar-refractivity contribution in [3.8, 4) is 5.75 Å². The van der Waals surface area contributed by atoms with Crippen LogP contribution in [0.3, 0.4) is 0 Å². The smallest absolute Gasteiger partial charge is 0.223 e. The fourth-order valence-electron chi connectivity index (χ4n) is 3.09. The van der Waals surface area contributed by atoms with Crippen LogP contribution in [0.2, 0.25) is 0 Å². The molecule has 1 saturated carbocycles. The molecule has 24 heavy (non-hydrogen) atoms. The van der Waals surface area contributed by atoms with Crippen LogP contribution in [0.15, 0.2) is 24.3 Å². The third-order valence-electron chi connectivity index (χ3n) is 4.71. The van der Waals surface area contributed by atoms with Gasteiger partial charge in [0.2, 0.25) is 5.91 Å². The van der Waals surface area contributed by atoms with Gasteiger partial charge in [-0.2, -0.15) is 0 Å². The van der Waals surface area contributed by atoms with E-state index in [-0.39, 0.29) is 0 Å². The average Bonchev–Trinajstić information content (AvgIpc) is 3.32. The molecular formula is C19H27NO2S2. The lowest BCUT2D eigenvalue weighted by Crippen LogP contribution is -2.32. The number of unbranched alkanes of at least 4 members (excludes halogenated alkanes) is 1. The largest absolute Gasteiger partial charge is 0.497 e. The molecule has 3 nitrogen and oxygen atoms in total. The molecule has 3 rings (SSSR count). The molecule has 132 valence electrons. The van der Waals surface area contributed by atoms with E-state index in [2.05, 4.69) is 17.0 Å². The van der Waals surface area contributed by atoms with Gasteiger partial charge >= 0.3 is 0 Å². The molecule has 1 heterocycles. The normalized spacial score (nSPS) is 20.1. The zero-order valence-corrected chi connectivity index (χ0v) is 16.0. The second kappa shape index (κ2) is 9.04. The highest BCUT2D eigenvalue weighted by Gasteiger charge is 2.32. The van der Waals surface area contributed by atoms with Gasteiger partial charge in [-0.25, -0.2) is 0 Å². The van der Waals surface area contributed by atoms with Gasteiger partial charge in [0.25, 0.3) is 0 Å². The van der Waals surface area contributed by atoms with Crippen LogP contribution in [0.4, 0.5) is 0 Å². The average molecular weight is 366 g/mol. The van der Waals surface area contributed by atoms with Crippen molar-refractivity contribution in [2.45, 2.75) is 62.8 Å². The number of amides is 1. The first-order valence-electron chi connectivity index (χ1n) is 8.97. The molecule has 0 bridgehead atoms. The summed E-state index contributed by atoms with van der Waals surface area (Å²) < 4.78 is 5.21. The minimum absolute atomic E-state index is 0.335. The Labute approximate surface area is 153 Å². The van der Waals surface area contributed by atoms with Crippen molar-refractivity contribution in [2.24, 2.45) is 0 Å². The molecule has 1 unspecified atom stereocenters. The zero-order chi connectivity index (χ0) is 16.8. The number of rotatable bonds is 9. The summed E-state index contributed by atoms with van der Waals surface area (Å²) in [4.78, 5) is 14.7. The van der Waals surface area contributed by atoms with Gasteiger partial charge in [-0.1, -0.05) is 40.1 Å². The molecule has 2 fully saturated rings. The molecule has 1 atom stereocenters. The van der Waals surface area contributed by atoms with E-state index in [1.165, 1.54) is 30.6 Å². The highest BCUT2D eigenvalue weighted by Crippen LogP contribution is 2.40. The lowest BCUT2D eigenvalue weighted by Gasteiger charge is -2.23. The highest BCUT2D eigenvalue weighted by molar-refractivity contribution is 8.77. The van der Waals surface area contributed by atoms with Gasteiger partial charge in [0.1, 0.15) is 5.75 Å². The van der Waals surface area contributed by atoms with Crippen molar-refractivity contribution in [1.29, 1.82) is 0 Å². The van der Waals surface area contributed by atoms with E-state index >= 15 is 0 Å². The molecule has 0 radical (unpaired) electrons. The van der Waals surface area contributed by atoms with Gasteiger partial charge in [0.15, 0.2) is 0 Å². The van der Waals surface area contributed by atoms with Crippen molar-refractivity contribution in [1.82, 2.24) is 4.90 Å². The number of carbonyl (C=O) groups is 1. The third kappa shape index (κ3) is 5.35. The second-order valence-corrected chi connectivity index (χ2v) is 9.46. The van der Waals surface area contributed by atoms with Gasteiger partial charge in [-0.3, -0.25) is 4.79 Å². The fourth-order valence-corrected chi connectivity index (χ4v) is 6.12. The number of hydrogen-bond donors (Lipinski definition) is 0. The molecule has 1 aliphatic heterocycles. The van der Waals surface area contributed by atoms with Crippen molar-refractivity contribution in [3.05, 3.63) is 29.8 Å². The number of methoxy groups -OCH3 is 1. The van der Waals surface area contributed by atoms with Gasteiger partial charge in [-0.05, 0) is 49.8 Å². The molecule has 1 amide bonds. The van der Waals surface area contributed by atoms with Crippen molar-refractivity contribution in [3.63, 3.8) is 0 Å². The van der Waals surface area contributed by atoms with Crippen molar-refractivity contribution < 1.29 is 9.53 Å². The predicted molar refractivity (Wildman–Crippen MR) is 103 cm³/mol. The van der Waals surface area contributed by atoms with E-state index in [0.717, 1.165) is 36.8 Å². The predicted octanol–water partition coefficient (Wildman–Crippen LogP) is 4.90. The van der Waals surface area contributed by atoms with E-state index in [9.17, 15) is 4.79 Å². The minimum Gasteiger partial charge on any atom is -0.497 e. The van der Waals surface area contributed by atoms with Crippen molar-refractivity contribution >= 4 is 27.5 Å². The van der Waals surface area contributed by atoms with Gasteiger partial charge < -0.3 is 9.64 Å². The minimum atomic E-state index is 0.335. The second-order valence-electron chi connectivity index (χ2n) is 6.68. The van der Waals surface area contributed by atoms with Gasteiger partial charge in [0, 0.05) is 30.0 Å². The van der Waals surface area contributed by atoms with Crippen molar-refractivity contribution in [2.75, 3.05) is 12.9 Å². The van der Waals surface area contributed by atoms with Gasteiger partial charge in [-0.15, -0.1) is 0 Å². The Kier molecular flexibility index (Phi) is 6.78. The van der Waals surface area contributed by atoms with Gasteiger partial charge in [0.05, 0.1) is 7.11 Å². The maximum Gasteiger partial charge on any atom is 0.223 e. The molecule has 0 aromatic heterocycles. The first-order valence-corrected chi connectivity index (χ1v) is 11.3. The third-order valence-corrected chi connectivity index (χ3v) is 7.72. The lowest BCUT2D eigenvalue weighted by molar-refractivity contribution is -0.132. The summed E-state index contributed by atoms with van der Waals surface area (Å²) in [5.41, 5.74) is 1.19. The van der Waals surface area contributed by atoms with Crippen LogP contribution in [-0.2, 0) is 11.3 Å². The lowest BCUT2D eigenvalue weighted by atomic mass is 10.1. The molecular weight excluding hydrogens is 338 g/mol. The number of nitrogens with zero attached hydrogens (tertiary/aromatic N) is 1. The molecule has 1 saturated heterocycles.